The monoisotopic (exact) mass is 720 g/mol. The van der Waals surface area contributed by atoms with Gasteiger partial charge in [0.1, 0.15) is 12.4 Å². The van der Waals surface area contributed by atoms with Crippen LogP contribution in [-0.2, 0) is 24.5 Å². The van der Waals surface area contributed by atoms with Crippen LogP contribution in [0.15, 0.2) is 39.8 Å². The number of esters is 1. The third kappa shape index (κ3) is 6.39. The van der Waals surface area contributed by atoms with E-state index in [1.54, 1.807) is 13.8 Å². The number of carbonyl (C=O) groups excluding carboxylic acids is 2. The van der Waals surface area contributed by atoms with Gasteiger partial charge in [-0.1, -0.05) is 57.4 Å². The minimum absolute atomic E-state index is 0.120. The maximum atomic E-state index is 12.9. The number of rotatable bonds is 9. The number of allylic oxidation sites excluding steroid dienone is 2. The smallest absolute Gasteiger partial charge is 0.309 e. The molecule has 2 aromatic rings. The van der Waals surface area contributed by atoms with Crippen LogP contribution in [0.4, 0.5) is 0 Å². The fraction of sp³-hybridized carbons (Fsp3) is 0.690. The van der Waals surface area contributed by atoms with E-state index in [0.717, 1.165) is 63.2 Å². The van der Waals surface area contributed by atoms with Gasteiger partial charge in [-0.15, -0.1) is 10.2 Å². The molecule has 0 saturated heterocycles. The van der Waals surface area contributed by atoms with Crippen LogP contribution in [0.2, 0.25) is 5.02 Å². The average Bonchev–Trinajstić information content (AvgIpc) is 3.57. The quantitative estimate of drug-likeness (QED) is 0.154. The summed E-state index contributed by atoms with van der Waals surface area (Å²) in [7, 11) is 0. The summed E-state index contributed by atoms with van der Waals surface area (Å²) >= 11 is 6.16. The van der Waals surface area contributed by atoms with E-state index in [1.165, 1.54) is 11.1 Å². The van der Waals surface area contributed by atoms with Crippen LogP contribution in [0.25, 0.3) is 11.5 Å². The van der Waals surface area contributed by atoms with E-state index in [0.29, 0.717) is 52.8 Å². The van der Waals surface area contributed by atoms with Gasteiger partial charge >= 0.3 is 11.9 Å². The van der Waals surface area contributed by atoms with Crippen LogP contribution in [0.5, 0.6) is 0 Å². The van der Waals surface area contributed by atoms with Crippen molar-refractivity contribution in [3.05, 3.63) is 46.3 Å². The molecule has 278 valence electrons. The zero-order valence-corrected chi connectivity index (χ0v) is 32.5. The lowest BCUT2D eigenvalue weighted by Crippen LogP contribution is -2.61. The van der Waals surface area contributed by atoms with Crippen molar-refractivity contribution in [2.45, 2.75) is 131 Å². The molecule has 4 aliphatic carbocycles. The lowest BCUT2D eigenvalue weighted by Gasteiger charge is -2.67. The highest BCUT2D eigenvalue weighted by Crippen LogP contribution is 2.71. The molecule has 0 radical (unpaired) electrons. The Kier molecular flexibility index (Phi) is 10.2. The standard InChI is InChI=1S/C42H57ClN2O6/c1-24(2)25(3)35-29-13-14-33-40(7)19-17-32(50-34(47)23-39(5,6)38(48)49)26(4)30(40)15-18-41(33,8)31(29)16-20-42(35,21-22-46)37-45-44-36(51-37)27-9-11-28(43)12-10-27/h9-12,22,24,26,29-33H,13-21,23H2,1-8H3,(H,48,49)/b35-25+. The van der Waals surface area contributed by atoms with Gasteiger partial charge in [0, 0.05) is 17.0 Å². The van der Waals surface area contributed by atoms with Crippen molar-refractivity contribution in [3.63, 3.8) is 0 Å². The summed E-state index contributed by atoms with van der Waals surface area (Å²) in [6.45, 7) is 17.2. The minimum atomic E-state index is -1.15. The van der Waals surface area contributed by atoms with Crippen molar-refractivity contribution in [1.29, 1.82) is 0 Å². The number of aliphatic carboxylic acids is 1. The molecule has 9 atom stereocenters. The van der Waals surface area contributed by atoms with Gasteiger partial charge in [0.05, 0.1) is 17.3 Å². The molecular formula is C42H57ClN2O6. The van der Waals surface area contributed by atoms with Crippen LogP contribution in [0, 0.1) is 51.8 Å². The maximum absolute atomic E-state index is 12.9. The number of benzene rings is 1. The summed E-state index contributed by atoms with van der Waals surface area (Å²) in [5.74, 6) is 1.87. The topological polar surface area (TPSA) is 120 Å². The van der Waals surface area contributed by atoms with Gasteiger partial charge in [-0.2, -0.15) is 0 Å². The molecule has 4 aliphatic rings. The number of carboxylic acids is 1. The highest BCUT2D eigenvalue weighted by Gasteiger charge is 2.64. The molecule has 8 nitrogen and oxygen atoms in total. The third-order valence-electron chi connectivity index (χ3n) is 14.6. The Morgan fingerprint density at radius 2 is 1.67 bits per heavy atom. The molecule has 9 heteroatoms. The second-order valence-corrected chi connectivity index (χ2v) is 18.4. The highest BCUT2D eigenvalue weighted by molar-refractivity contribution is 6.30. The van der Waals surface area contributed by atoms with E-state index < -0.39 is 22.8 Å². The molecule has 51 heavy (non-hydrogen) atoms. The van der Waals surface area contributed by atoms with E-state index in [-0.39, 0.29) is 29.3 Å². The average molecular weight is 721 g/mol. The summed E-state index contributed by atoms with van der Waals surface area (Å²) in [5.41, 5.74) is 1.96. The van der Waals surface area contributed by atoms with Gasteiger partial charge in [-0.05, 0) is 143 Å². The first-order chi connectivity index (χ1) is 24.0. The third-order valence-corrected chi connectivity index (χ3v) is 14.8. The molecule has 1 aromatic carbocycles. The molecule has 1 aromatic heterocycles. The Morgan fingerprint density at radius 1 is 1.02 bits per heavy atom. The number of nitrogens with zero attached hydrogens (tertiary/aromatic N) is 2. The number of aromatic nitrogens is 2. The largest absolute Gasteiger partial charge is 0.481 e. The highest BCUT2D eigenvalue weighted by atomic mass is 35.5. The second kappa shape index (κ2) is 13.8. The second-order valence-electron chi connectivity index (χ2n) is 18.0. The van der Waals surface area contributed by atoms with Crippen LogP contribution >= 0.6 is 11.6 Å². The number of carbonyl (C=O) groups is 3. The molecule has 0 spiro atoms. The molecule has 0 amide bonds. The number of aldehydes is 1. The number of carboxylic acid groups (broad SMARTS) is 1. The van der Waals surface area contributed by atoms with E-state index in [1.807, 2.05) is 24.3 Å². The van der Waals surface area contributed by atoms with Crippen LogP contribution in [-0.4, -0.2) is 39.6 Å². The molecular weight excluding hydrogens is 664 g/mol. The van der Waals surface area contributed by atoms with Gasteiger partial charge in [0.15, 0.2) is 0 Å². The number of fused-ring (bicyclic) bond motifs is 5. The van der Waals surface area contributed by atoms with Crippen LogP contribution in [0.1, 0.15) is 125 Å². The van der Waals surface area contributed by atoms with Crippen molar-refractivity contribution >= 4 is 29.8 Å². The summed E-state index contributed by atoms with van der Waals surface area (Å²) in [4.78, 5) is 37.2. The fourth-order valence-electron chi connectivity index (χ4n) is 11.6. The number of hydrogen-bond donors (Lipinski definition) is 1. The summed E-state index contributed by atoms with van der Waals surface area (Å²) in [6.07, 6.45) is 9.02. The van der Waals surface area contributed by atoms with Gasteiger partial charge in [0.2, 0.25) is 11.8 Å². The van der Waals surface area contributed by atoms with E-state index in [9.17, 15) is 19.5 Å². The van der Waals surface area contributed by atoms with E-state index in [4.69, 9.17) is 20.8 Å². The first kappa shape index (κ1) is 37.7. The maximum Gasteiger partial charge on any atom is 0.309 e. The SMILES string of the molecule is C/C(=C1/C2CCC3C(C)(CCC4C(C)C(OC(=O)CC(C)(C)C(=O)O)CCC43C)C2CCC1(CC=O)c1nnc(-c2ccc(Cl)cc2)o1)C(C)C. The predicted octanol–water partition coefficient (Wildman–Crippen LogP) is 9.89. The Morgan fingerprint density at radius 3 is 2.31 bits per heavy atom. The van der Waals surface area contributed by atoms with Gasteiger partial charge in [0.25, 0.3) is 0 Å². The molecule has 4 saturated carbocycles. The van der Waals surface area contributed by atoms with E-state index >= 15 is 0 Å². The normalized spacial score (nSPS) is 36.0. The van der Waals surface area contributed by atoms with Gasteiger partial charge in [-0.25, -0.2) is 0 Å². The molecule has 1 N–H and O–H groups in total. The molecule has 0 bridgehead atoms. The number of ether oxygens (including phenoxy) is 1. The molecule has 6 rings (SSSR count). The Labute approximate surface area is 308 Å². The van der Waals surface area contributed by atoms with Gasteiger partial charge in [-0.3, -0.25) is 9.59 Å². The first-order valence-corrected chi connectivity index (χ1v) is 19.5. The van der Waals surface area contributed by atoms with Crippen LogP contribution < -0.4 is 0 Å². The van der Waals surface area contributed by atoms with Crippen molar-refractivity contribution in [2.75, 3.05) is 0 Å². The molecule has 4 fully saturated rings. The Balaban J connectivity index is 1.29. The fourth-order valence-corrected chi connectivity index (χ4v) is 11.8. The van der Waals surface area contributed by atoms with Gasteiger partial charge < -0.3 is 19.1 Å². The minimum Gasteiger partial charge on any atom is -0.481 e. The van der Waals surface area contributed by atoms with Crippen molar-refractivity contribution in [1.82, 2.24) is 10.2 Å². The Hall–Kier alpha value is -3.00. The predicted molar refractivity (Wildman–Crippen MR) is 197 cm³/mol. The van der Waals surface area contributed by atoms with E-state index in [2.05, 4.69) is 51.7 Å². The van der Waals surface area contributed by atoms with Crippen molar-refractivity contribution in [3.8, 4) is 11.5 Å². The lowest BCUT2D eigenvalue weighted by atomic mass is 9.38. The summed E-state index contributed by atoms with van der Waals surface area (Å²) in [6, 6.07) is 7.41. The Bertz CT molecular complexity index is 1680. The number of hydrogen-bond acceptors (Lipinski definition) is 7. The van der Waals surface area contributed by atoms with Crippen molar-refractivity contribution in [2.24, 2.45) is 51.8 Å². The van der Waals surface area contributed by atoms with Crippen molar-refractivity contribution < 1.29 is 28.6 Å². The summed E-state index contributed by atoms with van der Waals surface area (Å²) < 4.78 is 12.6. The van der Waals surface area contributed by atoms with Crippen LogP contribution in [0.3, 0.4) is 0 Å². The number of halogens is 1. The molecule has 0 aliphatic heterocycles. The first-order valence-electron chi connectivity index (χ1n) is 19.2. The molecule has 9 unspecified atom stereocenters. The zero-order chi connectivity index (χ0) is 37.1. The lowest BCUT2D eigenvalue weighted by molar-refractivity contribution is -0.191. The summed E-state index contributed by atoms with van der Waals surface area (Å²) in [5, 5.41) is 19.4. The molecule has 1 heterocycles. The zero-order valence-electron chi connectivity index (χ0n) is 31.8.